The van der Waals surface area contributed by atoms with Crippen LogP contribution in [-0.2, 0) is 0 Å². The zero-order valence-corrected chi connectivity index (χ0v) is 14.2. The van der Waals surface area contributed by atoms with Crippen LogP contribution >= 0.6 is 63.7 Å². The smallest absolute Gasteiger partial charge is 0.290 e. The lowest BCUT2D eigenvalue weighted by Gasteiger charge is -2.23. The second-order valence-corrected chi connectivity index (χ2v) is 10.4. The van der Waals surface area contributed by atoms with Crippen LogP contribution in [0.3, 0.4) is 0 Å². The van der Waals surface area contributed by atoms with Gasteiger partial charge in [-0.1, -0.05) is 0 Å². The van der Waals surface area contributed by atoms with E-state index in [9.17, 15) is 20.2 Å². The predicted octanol–water partition coefficient (Wildman–Crippen LogP) is 2.36. The van der Waals surface area contributed by atoms with Crippen molar-refractivity contribution < 1.29 is 9.85 Å². The van der Waals surface area contributed by atoms with Crippen LogP contribution in [0.25, 0.3) is 0 Å². The maximum atomic E-state index is 10.6. The lowest BCUT2D eigenvalue weighted by molar-refractivity contribution is -0.511. The van der Waals surface area contributed by atoms with Gasteiger partial charge in [-0.25, -0.2) is 0 Å². The van der Waals surface area contributed by atoms with Gasteiger partial charge in [-0.2, -0.15) is 0 Å². The normalized spacial score (nSPS) is 12.9. The van der Waals surface area contributed by atoms with Crippen molar-refractivity contribution in [1.82, 2.24) is 4.90 Å². The van der Waals surface area contributed by atoms with Gasteiger partial charge in [0.2, 0.25) is 0 Å². The summed E-state index contributed by atoms with van der Waals surface area (Å²) >= 11 is 11.5. The summed E-state index contributed by atoms with van der Waals surface area (Å²) in [5.41, 5.74) is 0. The summed E-state index contributed by atoms with van der Waals surface area (Å²) in [6.07, 6.45) is 0. The van der Waals surface area contributed by atoms with E-state index in [2.05, 4.69) is 63.7 Å². The molecule has 16 heavy (non-hydrogen) atoms. The molecule has 0 radical (unpaired) electrons. The van der Waals surface area contributed by atoms with E-state index in [1.807, 2.05) is 0 Å². The minimum atomic E-state index is -1.51. The lowest BCUT2D eigenvalue weighted by atomic mass is 10.5. The molecule has 0 N–H and O–H groups in total. The summed E-state index contributed by atoms with van der Waals surface area (Å²) in [7, 11) is 1.53. The quantitative estimate of drug-likeness (QED) is 0.246. The number of likely N-dealkylation sites (N-methyl/N-ethyl adjacent to an activating group) is 1. The number of alkyl halides is 4. The second kappa shape index (κ2) is 6.03. The molecule has 0 heterocycles. The topological polar surface area (TPSA) is 89.5 Å². The molecule has 0 bridgehead atoms. The number of hydrogen-bond acceptors (Lipinski definition) is 5. The van der Waals surface area contributed by atoms with Gasteiger partial charge in [-0.3, -0.25) is 25.1 Å². The van der Waals surface area contributed by atoms with Crippen LogP contribution < -0.4 is 0 Å². The molecule has 0 aromatic heterocycles. The number of nitrogens with zero attached hydrogens (tertiary/aromatic N) is 3. The molecule has 0 saturated carbocycles. The van der Waals surface area contributed by atoms with E-state index in [1.54, 1.807) is 0 Å². The molecule has 0 aliphatic heterocycles. The monoisotopic (exact) mass is 489 g/mol. The first kappa shape index (κ1) is 16.7. The summed E-state index contributed by atoms with van der Waals surface area (Å²) in [6.45, 7) is -0.0976. The van der Waals surface area contributed by atoms with Crippen molar-refractivity contribution in [2.45, 2.75) is 6.71 Å². The Hall–Kier alpha value is 0.680. The van der Waals surface area contributed by atoms with Gasteiger partial charge in [-0.05, 0) is 7.05 Å². The Bertz CT molecular complexity index is 269. The zero-order valence-electron chi connectivity index (χ0n) is 7.90. The van der Waals surface area contributed by atoms with Crippen LogP contribution in [0, 0.1) is 20.2 Å². The predicted molar refractivity (Wildman–Crippen MR) is 72.7 cm³/mol. The summed E-state index contributed by atoms with van der Waals surface area (Å²) in [6, 6.07) is 0. The Morgan fingerprint density at radius 3 is 1.44 bits per heavy atom. The highest BCUT2D eigenvalue weighted by molar-refractivity contribution is 9.25. The molecule has 7 nitrogen and oxygen atoms in total. The van der Waals surface area contributed by atoms with Gasteiger partial charge in [0.1, 0.15) is 0 Å². The standard InChI is InChI=1S/C5H7Br4N3O4/c1-10(2-4(6,7)11(13)14)3-5(8,9)12(15)16/h2-3H2,1H3. The van der Waals surface area contributed by atoms with E-state index in [0.29, 0.717) is 0 Å². The Labute approximate surface area is 125 Å². The first-order valence-electron chi connectivity index (χ1n) is 3.72. The van der Waals surface area contributed by atoms with Crippen molar-refractivity contribution in [3.8, 4) is 0 Å². The lowest BCUT2D eigenvalue weighted by Crippen LogP contribution is -2.44. The van der Waals surface area contributed by atoms with Gasteiger partial charge in [0.15, 0.2) is 0 Å². The number of rotatable bonds is 6. The van der Waals surface area contributed by atoms with E-state index in [4.69, 9.17) is 0 Å². The Morgan fingerprint density at radius 2 is 1.25 bits per heavy atom. The fourth-order valence-electron chi connectivity index (χ4n) is 0.821. The molecular formula is C5H7Br4N3O4. The molecule has 0 aromatic carbocycles. The summed E-state index contributed by atoms with van der Waals surface area (Å²) in [5, 5.41) is 21.2. The summed E-state index contributed by atoms with van der Waals surface area (Å²) in [4.78, 5) is 21.5. The highest BCUT2D eigenvalue weighted by atomic mass is 79.9. The molecule has 0 saturated heterocycles. The van der Waals surface area contributed by atoms with Gasteiger partial charge in [0.25, 0.3) is 0 Å². The molecule has 0 aliphatic carbocycles. The SMILES string of the molecule is CN(CC(Br)(Br)[N+](=O)[O-])CC(Br)(Br)[N+](=O)[O-]. The fourth-order valence-corrected chi connectivity index (χ4v) is 2.53. The molecule has 0 fully saturated rings. The second-order valence-electron chi connectivity index (χ2n) is 3.02. The molecule has 0 aliphatic rings. The van der Waals surface area contributed by atoms with Crippen LogP contribution in [0.15, 0.2) is 0 Å². The molecule has 0 rings (SSSR count). The van der Waals surface area contributed by atoms with Crippen molar-refractivity contribution >= 4 is 63.7 Å². The molecule has 0 spiro atoms. The molecule has 94 valence electrons. The van der Waals surface area contributed by atoms with Gasteiger partial charge < -0.3 is 0 Å². The molecule has 11 heteroatoms. The molecule has 0 amide bonds. The average molecular weight is 493 g/mol. The van der Waals surface area contributed by atoms with Crippen molar-refractivity contribution in [3.63, 3.8) is 0 Å². The third-order valence-electron chi connectivity index (χ3n) is 1.45. The van der Waals surface area contributed by atoms with E-state index in [0.717, 1.165) is 0 Å². The molecule has 0 unspecified atom stereocenters. The van der Waals surface area contributed by atoms with Gasteiger partial charge in [0, 0.05) is 63.7 Å². The minimum absolute atomic E-state index is 0.0488. The highest BCUT2D eigenvalue weighted by Crippen LogP contribution is 2.31. The largest absolute Gasteiger partial charge is 0.339 e. The van der Waals surface area contributed by atoms with E-state index < -0.39 is 16.6 Å². The number of halogens is 4. The van der Waals surface area contributed by atoms with Crippen molar-refractivity contribution in [2.75, 3.05) is 20.1 Å². The van der Waals surface area contributed by atoms with Crippen molar-refractivity contribution in [3.05, 3.63) is 20.2 Å². The van der Waals surface area contributed by atoms with E-state index in [1.165, 1.54) is 11.9 Å². The van der Waals surface area contributed by atoms with Crippen LogP contribution in [0.2, 0.25) is 0 Å². The van der Waals surface area contributed by atoms with Gasteiger partial charge in [-0.15, -0.1) is 0 Å². The van der Waals surface area contributed by atoms with Gasteiger partial charge in [0.05, 0.1) is 22.9 Å². The Balaban J connectivity index is 4.45. The number of nitro groups is 2. The molecule has 0 atom stereocenters. The third-order valence-corrected chi connectivity index (χ3v) is 3.62. The summed E-state index contributed by atoms with van der Waals surface area (Å²) in [5.74, 6) is 0. The van der Waals surface area contributed by atoms with Crippen LogP contribution in [0.1, 0.15) is 0 Å². The van der Waals surface area contributed by atoms with E-state index >= 15 is 0 Å². The van der Waals surface area contributed by atoms with Gasteiger partial charge >= 0.3 is 6.71 Å². The summed E-state index contributed by atoms with van der Waals surface area (Å²) < 4.78 is -3.02. The Kier molecular flexibility index (Phi) is 6.28. The fraction of sp³-hybridized carbons (Fsp3) is 1.00. The first-order chi connectivity index (χ1) is 6.99. The first-order valence-corrected chi connectivity index (χ1v) is 6.89. The maximum Gasteiger partial charge on any atom is 0.339 e. The van der Waals surface area contributed by atoms with Crippen molar-refractivity contribution in [1.29, 1.82) is 0 Å². The van der Waals surface area contributed by atoms with Crippen LogP contribution in [0.4, 0.5) is 0 Å². The van der Waals surface area contributed by atoms with Crippen LogP contribution in [-0.4, -0.2) is 41.6 Å². The number of hydrogen-bond donors (Lipinski definition) is 0. The highest BCUT2D eigenvalue weighted by Gasteiger charge is 2.42. The maximum absolute atomic E-state index is 10.6. The molecule has 0 aromatic rings. The zero-order chi connectivity index (χ0) is 13.1. The minimum Gasteiger partial charge on any atom is -0.290 e. The average Bonchev–Trinajstić information content (AvgIpc) is 2.00. The molecular weight excluding hydrogens is 486 g/mol. The van der Waals surface area contributed by atoms with Crippen molar-refractivity contribution in [2.24, 2.45) is 0 Å². The van der Waals surface area contributed by atoms with E-state index in [-0.39, 0.29) is 13.1 Å². The van der Waals surface area contributed by atoms with Crippen LogP contribution in [0.5, 0.6) is 0 Å². The third kappa shape index (κ3) is 5.34. The Morgan fingerprint density at radius 1 is 1.00 bits per heavy atom.